The number of fused-ring (bicyclic) bond motifs is 5. The van der Waals surface area contributed by atoms with E-state index < -0.39 is 0 Å². The number of nitrogens with one attached hydrogen (secondary N) is 1. The lowest BCUT2D eigenvalue weighted by Crippen LogP contribution is -2.59. The lowest BCUT2D eigenvalue weighted by molar-refractivity contribution is -0.160. The molecule has 5 aliphatic rings. The summed E-state index contributed by atoms with van der Waals surface area (Å²) in [5.41, 5.74) is 2.14. The van der Waals surface area contributed by atoms with Crippen LogP contribution in [0.1, 0.15) is 78.6 Å². The highest BCUT2D eigenvalue weighted by Crippen LogP contribution is 2.67. The second-order valence-electron chi connectivity index (χ2n) is 12.0. The average molecular weight is 471 g/mol. The van der Waals surface area contributed by atoms with Crippen molar-refractivity contribution in [1.82, 2.24) is 5.32 Å². The maximum atomic E-state index is 12.9. The van der Waals surface area contributed by atoms with Crippen molar-refractivity contribution < 1.29 is 19.2 Å². The number of hydrogen-bond donors (Lipinski definition) is 1. The molecule has 1 aliphatic heterocycles. The third kappa shape index (κ3) is 3.75. The van der Waals surface area contributed by atoms with E-state index in [2.05, 4.69) is 25.7 Å². The van der Waals surface area contributed by atoms with Gasteiger partial charge in [-0.3, -0.25) is 9.59 Å². The van der Waals surface area contributed by atoms with Gasteiger partial charge in [0.05, 0.1) is 12.3 Å². The van der Waals surface area contributed by atoms with Crippen molar-refractivity contribution >= 4 is 17.5 Å². The summed E-state index contributed by atoms with van der Waals surface area (Å²) in [5, 5.41) is 8.08. The third-order valence-electron chi connectivity index (χ3n) is 10.4. The first kappa shape index (κ1) is 24.0. The number of esters is 1. The van der Waals surface area contributed by atoms with Gasteiger partial charge in [-0.05, 0) is 75.2 Å². The second-order valence-corrected chi connectivity index (χ2v) is 12.0. The molecule has 0 aromatic rings. The van der Waals surface area contributed by atoms with Crippen LogP contribution in [-0.2, 0) is 19.2 Å². The van der Waals surface area contributed by atoms with E-state index >= 15 is 0 Å². The van der Waals surface area contributed by atoms with Gasteiger partial charge in [0.15, 0.2) is 0 Å². The fourth-order valence-electron chi connectivity index (χ4n) is 8.84. The first-order chi connectivity index (χ1) is 16.3. The molecule has 0 amide bonds. The van der Waals surface area contributed by atoms with Gasteiger partial charge in [0.1, 0.15) is 11.9 Å². The van der Waals surface area contributed by atoms with Crippen LogP contribution >= 0.6 is 0 Å². The third-order valence-corrected chi connectivity index (χ3v) is 10.4. The molecule has 4 saturated carbocycles. The fraction of sp³-hybridized carbons (Fsp3) is 0.821. The number of carbonyl (C=O) groups excluding carboxylic acids is 2. The highest BCUT2D eigenvalue weighted by Gasteiger charge is 2.64. The number of rotatable bonds is 5. The predicted octanol–water partition coefficient (Wildman–Crippen LogP) is 4.68. The van der Waals surface area contributed by atoms with Gasteiger partial charge >= 0.3 is 5.97 Å². The number of allylic oxidation sites excluding steroid dienone is 1. The summed E-state index contributed by atoms with van der Waals surface area (Å²) in [7, 11) is 0. The lowest BCUT2D eigenvalue weighted by Gasteiger charge is -2.62. The number of oxime groups is 1. The Morgan fingerprint density at radius 2 is 2.03 bits per heavy atom. The molecule has 5 unspecified atom stereocenters. The van der Waals surface area contributed by atoms with Crippen molar-refractivity contribution in [3.05, 3.63) is 12.2 Å². The van der Waals surface area contributed by atoms with Gasteiger partial charge in [-0.2, -0.15) is 0 Å². The molecule has 6 heteroatoms. The molecule has 34 heavy (non-hydrogen) atoms. The Kier molecular flexibility index (Phi) is 6.41. The maximum absolute atomic E-state index is 12.9. The largest absolute Gasteiger partial charge is 0.465 e. The van der Waals surface area contributed by atoms with E-state index in [1.807, 2.05) is 0 Å². The zero-order valence-corrected chi connectivity index (χ0v) is 21.2. The highest BCUT2D eigenvalue weighted by molar-refractivity contribution is 5.88. The maximum Gasteiger partial charge on any atom is 0.302 e. The van der Waals surface area contributed by atoms with Crippen LogP contribution in [0.3, 0.4) is 0 Å². The molecule has 1 N–H and O–H groups in total. The smallest absolute Gasteiger partial charge is 0.302 e. The summed E-state index contributed by atoms with van der Waals surface area (Å²) in [5.74, 6) is 2.12. The van der Waals surface area contributed by atoms with E-state index in [9.17, 15) is 9.59 Å². The highest BCUT2D eigenvalue weighted by atomic mass is 16.6. The first-order valence-electron chi connectivity index (χ1n) is 13.6. The van der Waals surface area contributed by atoms with Gasteiger partial charge < -0.3 is 14.9 Å². The van der Waals surface area contributed by atoms with E-state index in [-0.39, 0.29) is 34.7 Å². The predicted molar refractivity (Wildman–Crippen MR) is 131 cm³/mol. The molecule has 5 rings (SSSR count). The number of carbonyl (C=O) groups is 2. The normalized spacial score (nSPS) is 45.0. The van der Waals surface area contributed by atoms with Crippen molar-refractivity contribution in [3.63, 3.8) is 0 Å². The molecule has 0 aromatic heterocycles. The van der Waals surface area contributed by atoms with Crippen LogP contribution in [0.5, 0.6) is 0 Å². The summed E-state index contributed by atoms with van der Waals surface area (Å²) in [6.45, 7) is 12.9. The molecule has 5 fully saturated rings. The van der Waals surface area contributed by atoms with Crippen molar-refractivity contribution in [1.29, 1.82) is 0 Å². The fourth-order valence-corrected chi connectivity index (χ4v) is 8.84. The topological polar surface area (TPSA) is 77.0 Å². The van der Waals surface area contributed by atoms with E-state index in [1.165, 1.54) is 12.5 Å². The number of nitrogens with zero attached hydrogens (tertiary/aromatic N) is 1. The lowest BCUT2D eigenvalue weighted by atomic mass is 9.42. The minimum absolute atomic E-state index is 0.118. The van der Waals surface area contributed by atoms with Gasteiger partial charge in [-0.1, -0.05) is 31.2 Å². The molecular formula is C28H42N2O4. The van der Waals surface area contributed by atoms with E-state index in [0.717, 1.165) is 76.6 Å². The first-order valence-corrected chi connectivity index (χ1v) is 13.6. The van der Waals surface area contributed by atoms with Crippen molar-refractivity contribution in [3.8, 4) is 0 Å². The van der Waals surface area contributed by atoms with Crippen molar-refractivity contribution in [2.24, 2.45) is 45.6 Å². The zero-order chi connectivity index (χ0) is 24.1. The Hall–Kier alpha value is -1.69. The molecule has 0 aromatic carbocycles. The molecule has 0 bridgehead atoms. The van der Waals surface area contributed by atoms with E-state index in [0.29, 0.717) is 30.1 Å². The molecule has 6 nitrogen and oxygen atoms in total. The monoisotopic (exact) mass is 470 g/mol. The number of ketones is 1. The second kappa shape index (κ2) is 9.07. The van der Waals surface area contributed by atoms with Gasteiger partial charge in [0.25, 0.3) is 0 Å². The Morgan fingerprint density at radius 1 is 1.21 bits per heavy atom. The van der Waals surface area contributed by atoms with Gasteiger partial charge in [0.2, 0.25) is 0 Å². The minimum Gasteiger partial charge on any atom is -0.465 e. The van der Waals surface area contributed by atoms with E-state index in [4.69, 9.17) is 14.7 Å². The molecule has 1 saturated heterocycles. The molecule has 8 atom stereocenters. The molecule has 188 valence electrons. The van der Waals surface area contributed by atoms with Crippen LogP contribution in [0.4, 0.5) is 0 Å². The SMILES string of the molecule is C=C1CC2C(CC[C@]3(C)C(=O)CCC23)[C@@]2(COC(C)=O)CCC(=NOC3CCNC3)[C@H](CC)C12. The molecule has 0 spiro atoms. The Bertz CT molecular complexity index is 878. The molecule has 1 heterocycles. The standard InChI is InChI=1S/C28H42N2O4/c1-5-20-24(30-34-19-10-13-29-15-19)9-12-28(16-33-18(3)31)23-8-11-27(4)22(6-7-25(27)32)21(23)14-17(2)26(20)28/h19-23,26,29H,2,5-16H2,1,3-4H3/t19?,20-,21?,22?,23?,26?,27-,28-/m0/s1. The van der Waals surface area contributed by atoms with Gasteiger partial charge in [0, 0.05) is 43.1 Å². The van der Waals surface area contributed by atoms with E-state index in [1.54, 1.807) is 0 Å². The quantitative estimate of drug-likeness (QED) is 0.359. The number of hydrogen-bond acceptors (Lipinski definition) is 6. The molecular weight excluding hydrogens is 428 g/mol. The summed E-state index contributed by atoms with van der Waals surface area (Å²) < 4.78 is 5.84. The summed E-state index contributed by atoms with van der Waals surface area (Å²) >= 11 is 0. The van der Waals surface area contributed by atoms with Gasteiger partial charge in [-0.25, -0.2) is 0 Å². The Labute approximate surface area is 204 Å². The van der Waals surface area contributed by atoms with Crippen LogP contribution in [0, 0.1) is 40.4 Å². The molecule has 0 radical (unpaired) electrons. The Morgan fingerprint density at radius 3 is 2.74 bits per heavy atom. The number of ether oxygens (including phenoxy) is 1. The summed E-state index contributed by atoms with van der Waals surface area (Å²) in [4.78, 5) is 30.8. The summed E-state index contributed by atoms with van der Waals surface area (Å²) in [6.07, 6.45) is 8.70. The number of Topliss-reactive ketones (excluding diaryl/α,β-unsaturated/α-hetero) is 1. The zero-order valence-electron chi connectivity index (χ0n) is 21.2. The average Bonchev–Trinajstić information content (AvgIpc) is 3.44. The van der Waals surface area contributed by atoms with Crippen LogP contribution in [-0.4, -0.2) is 43.3 Å². The van der Waals surface area contributed by atoms with Crippen LogP contribution in [0.2, 0.25) is 0 Å². The minimum atomic E-state index is -0.206. The summed E-state index contributed by atoms with van der Waals surface area (Å²) in [6, 6.07) is 0. The van der Waals surface area contributed by atoms with Crippen LogP contribution in [0.15, 0.2) is 17.3 Å². The Balaban J connectivity index is 1.48. The van der Waals surface area contributed by atoms with Crippen LogP contribution in [0.25, 0.3) is 0 Å². The van der Waals surface area contributed by atoms with Crippen molar-refractivity contribution in [2.75, 3.05) is 19.7 Å². The van der Waals surface area contributed by atoms with Gasteiger partial charge in [-0.15, -0.1) is 0 Å². The van der Waals surface area contributed by atoms with Crippen molar-refractivity contribution in [2.45, 2.75) is 84.7 Å². The van der Waals surface area contributed by atoms with Crippen LogP contribution < -0.4 is 5.32 Å². The molecule has 4 aliphatic carbocycles.